The summed E-state index contributed by atoms with van der Waals surface area (Å²) >= 11 is 0. The van der Waals surface area contributed by atoms with Crippen molar-refractivity contribution in [3.8, 4) is 0 Å². The fourth-order valence-electron chi connectivity index (χ4n) is 9.89. The van der Waals surface area contributed by atoms with Crippen LogP contribution in [-0.4, -0.2) is 201 Å². The van der Waals surface area contributed by atoms with Gasteiger partial charge in [-0.25, -0.2) is 4.98 Å². The standard InChI is InChI=1S/C60H86N18O16/c1-3-4-16-40(72-58(92)47(30-80)78-56(90)45(26-36-28-64-32-67-36)76-57(91)46(29-79)69-33(2)82)51(85)73-42-20-21-49(83)94-68-23-11-10-18-39(50(61)84)70-55(89)44(25-35-27-66-38-17-9-8-15-37(35)38)75-52(86)41(19-12-22-65-60(62)63)71-54(88)43(24-34-13-6-5-7-14-34)74-59(93)48(31-81)77-53(42)87/h5-9,13-15,17,27-28,32,39-48,66,68,79-81H,3-4,10-12,16,18-26,29-31H2,1-2H3,(H2,61,84)(H,64,67)(H,69,82)(H,70,89)(H,71,88)(H,72,92)(H,73,85)(H,74,93)(H,75,86)(H,76,91)(H,77,87)(H,78,90)(H4,62,63,65)/t39-,40-,41-,42-,43+,44-,45-,46-,47-,48-/m0/s1. The SMILES string of the molecule is CCCC[C@H](NC(=O)[C@H](CO)NC(=O)[C@H](Cc1cnc[nH]1)NC(=O)[C@H](CO)NC(C)=O)C(=O)N[C@H]1CCC(=O)ONCCCC[C@@H](C(N)=O)NC(=O)[C@H](Cc2c[nH]c3ccccc23)NC(=O)[C@H](CCCN=C(N)N)NC(=O)[C@@H](Cc2ccccc2)NC(=O)[C@H](CO)NC1=O. The predicted molar refractivity (Wildman–Crippen MR) is 336 cm³/mol. The van der Waals surface area contributed by atoms with Crippen molar-refractivity contribution in [2.45, 2.75) is 158 Å². The molecule has 0 radical (unpaired) electrons. The van der Waals surface area contributed by atoms with E-state index in [1.165, 1.54) is 12.5 Å². The molecular formula is C60H86N18O16. The zero-order chi connectivity index (χ0) is 68.7. The van der Waals surface area contributed by atoms with Crippen LogP contribution < -0.4 is 75.8 Å². The number of benzene rings is 2. The second-order valence-electron chi connectivity index (χ2n) is 22.3. The first-order valence-corrected chi connectivity index (χ1v) is 30.7. The molecule has 0 spiro atoms. The Bertz CT molecular complexity index is 3240. The molecule has 1 aliphatic heterocycles. The first-order chi connectivity index (χ1) is 45.0. The topological polar surface area (TPSA) is 542 Å². The lowest BCUT2D eigenvalue weighted by Crippen LogP contribution is -2.61. The van der Waals surface area contributed by atoms with E-state index in [9.17, 15) is 72.9 Å². The quantitative estimate of drug-likeness (QED) is 0.0158. The van der Waals surface area contributed by atoms with E-state index in [-0.39, 0.29) is 83.3 Å². The molecule has 0 aliphatic carbocycles. The molecule has 22 N–H and O–H groups in total. The number of aromatic amines is 2. The number of nitrogens with two attached hydrogens (primary N) is 3. The summed E-state index contributed by atoms with van der Waals surface area (Å²) in [5.74, 6) is -11.8. The highest BCUT2D eigenvalue weighted by molar-refractivity contribution is 5.99. The van der Waals surface area contributed by atoms with Crippen LogP contribution in [0.1, 0.15) is 94.9 Å². The van der Waals surface area contributed by atoms with Gasteiger partial charge in [-0.2, -0.15) is 5.48 Å². The van der Waals surface area contributed by atoms with Crippen molar-refractivity contribution in [3.05, 3.63) is 90.1 Å². The summed E-state index contributed by atoms with van der Waals surface area (Å²) in [6, 6.07) is -0.0782. The highest BCUT2D eigenvalue weighted by Crippen LogP contribution is 2.20. The number of fused-ring (bicyclic) bond motifs is 1. The number of rotatable bonds is 26. The number of hydrogen-bond donors (Lipinski definition) is 19. The van der Waals surface area contributed by atoms with E-state index in [2.05, 4.69) is 78.6 Å². The summed E-state index contributed by atoms with van der Waals surface area (Å²) in [5, 5.41) is 56.6. The zero-order valence-electron chi connectivity index (χ0n) is 52.2. The Hall–Kier alpha value is -10.1. The van der Waals surface area contributed by atoms with Gasteiger partial charge in [0.15, 0.2) is 5.96 Å². The number of primary amides is 1. The van der Waals surface area contributed by atoms with Crippen LogP contribution in [0.15, 0.2) is 78.3 Å². The van der Waals surface area contributed by atoms with Gasteiger partial charge < -0.3 is 100 Å². The number of carbonyl (C=O) groups excluding carboxylic acids is 12. The minimum Gasteiger partial charge on any atom is -0.394 e. The number of H-pyrrole nitrogens is 2. The van der Waals surface area contributed by atoms with Crippen LogP contribution in [-0.2, 0) is 81.6 Å². The number of aromatic nitrogens is 3. The average Bonchev–Trinajstić information content (AvgIpc) is 1.69. The Morgan fingerprint density at radius 1 is 0.670 bits per heavy atom. The van der Waals surface area contributed by atoms with Crippen molar-refractivity contribution < 1.29 is 77.7 Å². The molecule has 34 nitrogen and oxygen atoms in total. The van der Waals surface area contributed by atoms with Gasteiger partial charge in [-0.1, -0.05) is 68.3 Å². The second-order valence-corrected chi connectivity index (χ2v) is 22.3. The number of unbranched alkanes of at least 4 members (excludes halogenated alkanes) is 1. The number of hydrogen-bond acceptors (Lipinski definition) is 19. The van der Waals surface area contributed by atoms with Crippen LogP contribution in [0.2, 0.25) is 0 Å². The van der Waals surface area contributed by atoms with Crippen LogP contribution >= 0.6 is 0 Å². The zero-order valence-corrected chi connectivity index (χ0v) is 52.2. The van der Waals surface area contributed by atoms with E-state index in [0.717, 1.165) is 17.8 Å². The highest BCUT2D eigenvalue weighted by atomic mass is 16.7. The van der Waals surface area contributed by atoms with Crippen LogP contribution in [0.5, 0.6) is 0 Å². The van der Waals surface area contributed by atoms with Gasteiger partial charge in [0.2, 0.25) is 65.0 Å². The lowest BCUT2D eigenvalue weighted by molar-refractivity contribution is -0.151. The van der Waals surface area contributed by atoms with E-state index >= 15 is 0 Å². The molecule has 4 aromatic rings. The van der Waals surface area contributed by atoms with E-state index in [1.807, 2.05) is 6.07 Å². The molecule has 0 saturated carbocycles. The molecule has 1 aliphatic rings. The molecule has 5 rings (SSSR count). The number of carbonyl (C=O) groups is 12. The maximum Gasteiger partial charge on any atom is 0.324 e. The van der Waals surface area contributed by atoms with Crippen molar-refractivity contribution >= 4 is 87.8 Å². The minimum atomic E-state index is -1.88. The summed E-state index contributed by atoms with van der Waals surface area (Å²) < 4.78 is 0. The molecule has 2 aromatic carbocycles. The highest BCUT2D eigenvalue weighted by Gasteiger charge is 2.37. The first kappa shape index (κ1) is 74.7. The van der Waals surface area contributed by atoms with Gasteiger partial charge in [-0.05, 0) is 62.1 Å². The number of nitrogens with zero attached hydrogens (tertiary/aromatic N) is 2. The number of aliphatic imine (C=N–C) groups is 1. The lowest BCUT2D eigenvalue weighted by Gasteiger charge is -2.28. The van der Waals surface area contributed by atoms with Gasteiger partial charge in [-0.15, -0.1) is 0 Å². The molecule has 11 amide bonds. The predicted octanol–water partition coefficient (Wildman–Crippen LogP) is -5.50. The molecule has 34 heteroatoms. The van der Waals surface area contributed by atoms with Gasteiger partial charge in [0, 0.05) is 74.7 Å². The number of imidazole rings is 1. The van der Waals surface area contributed by atoms with E-state index in [1.54, 1.807) is 61.7 Å². The van der Waals surface area contributed by atoms with Gasteiger partial charge in [0.25, 0.3) is 0 Å². The van der Waals surface area contributed by atoms with Crippen molar-refractivity contribution in [1.29, 1.82) is 0 Å². The summed E-state index contributed by atoms with van der Waals surface area (Å²) in [4.78, 5) is 185. The summed E-state index contributed by atoms with van der Waals surface area (Å²) in [5.41, 5.74) is 21.6. The molecule has 0 unspecified atom stereocenters. The Kier molecular flexibility index (Phi) is 30.7. The third-order valence-corrected chi connectivity index (χ3v) is 15.0. The molecule has 10 atom stereocenters. The molecule has 94 heavy (non-hydrogen) atoms. The summed E-state index contributed by atoms with van der Waals surface area (Å²) in [6.45, 7) is -0.143. The van der Waals surface area contributed by atoms with Crippen LogP contribution in [0.25, 0.3) is 10.9 Å². The fraction of sp³-hybridized carbons (Fsp3) is 0.500. The fourth-order valence-corrected chi connectivity index (χ4v) is 9.89. The normalized spacial score (nSPS) is 20.4. The van der Waals surface area contributed by atoms with Gasteiger partial charge >= 0.3 is 5.97 Å². The van der Waals surface area contributed by atoms with Gasteiger partial charge in [0.05, 0.1) is 26.1 Å². The second kappa shape index (κ2) is 38.7. The molecular weight excluding hydrogens is 1230 g/mol. The Morgan fingerprint density at radius 3 is 1.93 bits per heavy atom. The summed E-state index contributed by atoms with van der Waals surface area (Å²) in [7, 11) is 0. The number of guanidine groups is 1. The number of nitrogens with one attached hydrogen (secondary N) is 13. The van der Waals surface area contributed by atoms with E-state index in [4.69, 9.17) is 22.0 Å². The number of para-hydroxylation sites is 1. The maximum absolute atomic E-state index is 14.7. The van der Waals surface area contributed by atoms with E-state index in [0.29, 0.717) is 23.2 Å². The molecule has 3 heterocycles. The van der Waals surface area contributed by atoms with E-state index < -0.39 is 164 Å². The lowest BCUT2D eigenvalue weighted by atomic mass is 10.0. The molecule has 1 saturated heterocycles. The number of aliphatic hydroxyl groups excluding tert-OH is 3. The smallest absolute Gasteiger partial charge is 0.324 e. The maximum atomic E-state index is 14.7. The monoisotopic (exact) mass is 1310 g/mol. The van der Waals surface area contributed by atoms with Crippen molar-refractivity contribution in [2.75, 3.05) is 32.9 Å². The van der Waals surface area contributed by atoms with Crippen LogP contribution in [0, 0.1) is 0 Å². The average molecular weight is 1320 g/mol. The largest absolute Gasteiger partial charge is 0.394 e. The van der Waals surface area contributed by atoms with Crippen molar-refractivity contribution in [3.63, 3.8) is 0 Å². The Morgan fingerprint density at radius 2 is 1.28 bits per heavy atom. The van der Waals surface area contributed by atoms with Crippen molar-refractivity contribution in [2.24, 2.45) is 22.2 Å². The van der Waals surface area contributed by atoms with Crippen LogP contribution in [0.3, 0.4) is 0 Å². The third-order valence-electron chi connectivity index (χ3n) is 15.0. The Balaban J connectivity index is 1.45. The van der Waals surface area contributed by atoms with Gasteiger partial charge in [-0.3, -0.25) is 62.5 Å². The first-order valence-electron chi connectivity index (χ1n) is 30.7. The molecule has 2 aromatic heterocycles. The minimum absolute atomic E-state index is 0.00363. The molecule has 512 valence electrons. The Labute approximate surface area is 540 Å². The number of aliphatic hydroxyl groups is 3. The summed E-state index contributed by atoms with van der Waals surface area (Å²) in [6.07, 6.45) is 3.58. The third kappa shape index (κ3) is 24.5. The van der Waals surface area contributed by atoms with Gasteiger partial charge in [0.1, 0.15) is 60.4 Å². The molecule has 1 fully saturated rings. The number of amides is 11. The number of hydroxylamine groups is 1. The van der Waals surface area contributed by atoms with Crippen molar-refractivity contribution in [1.82, 2.24) is 73.6 Å². The van der Waals surface area contributed by atoms with Crippen LogP contribution in [0.4, 0.5) is 0 Å². The molecule has 0 bridgehead atoms.